The minimum Gasteiger partial charge on any atom is -0.292 e. The number of imidazole rings is 1. The largest absolute Gasteiger partial charge is 0.292 e. The van der Waals surface area contributed by atoms with Crippen LogP contribution in [0.3, 0.4) is 0 Å². The van der Waals surface area contributed by atoms with Crippen molar-refractivity contribution in [2.75, 3.05) is 18.1 Å². The third-order valence-corrected chi connectivity index (χ3v) is 5.49. The number of nitrogens with zero attached hydrogens (tertiary/aromatic N) is 5. The molecule has 1 aliphatic rings. The fourth-order valence-corrected chi connectivity index (χ4v) is 3.65. The van der Waals surface area contributed by atoms with E-state index in [1.807, 2.05) is 13.0 Å². The van der Waals surface area contributed by atoms with Crippen LogP contribution in [0.2, 0.25) is 5.02 Å². The minimum atomic E-state index is -0.335. The van der Waals surface area contributed by atoms with Crippen LogP contribution in [0.15, 0.2) is 29.4 Å². The van der Waals surface area contributed by atoms with E-state index in [1.165, 1.54) is 6.07 Å². The van der Waals surface area contributed by atoms with Crippen molar-refractivity contribution in [3.05, 3.63) is 57.9 Å². The zero-order chi connectivity index (χ0) is 21.3. The Bertz CT molecular complexity index is 1140. The average Bonchev–Trinajstić information content (AvgIpc) is 3.10. The molecule has 4 rings (SSSR count). The smallest absolute Gasteiger partial charge is 0.234 e. The summed E-state index contributed by atoms with van der Waals surface area (Å²) in [6.07, 6.45) is 4.51. The molecule has 0 amide bonds. The number of rotatable bonds is 6. The topological polar surface area (TPSA) is 74.9 Å². The summed E-state index contributed by atoms with van der Waals surface area (Å²) in [5.41, 5.74) is 5.99. The molecule has 0 unspecified atom stereocenters. The van der Waals surface area contributed by atoms with Crippen LogP contribution in [-0.2, 0) is 12.8 Å². The number of carbonyl (C=O) groups excluding carboxylic acids is 1. The van der Waals surface area contributed by atoms with Crippen LogP contribution in [-0.4, -0.2) is 39.6 Å². The number of aliphatic imine (C=N–C) groups is 1. The van der Waals surface area contributed by atoms with E-state index in [0.29, 0.717) is 59.5 Å². The Kier molecular flexibility index (Phi) is 5.67. The van der Waals surface area contributed by atoms with E-state index < -0.39 is 0 Å². The van der Waals surface area contributed by atoms with Crippen molar-refractivity contribution in [1.82, 2.24) is 19.8 Å². The summed E-state index contributed by atoms with van der Waals surface area (Å²) in [6.45, 7) is 4.95. The highest BCUT2D eigenvalue weighted by atomic mass is 35.5. The molecule has 1 aromatic carbocycles. The summed E-state index contributed by atoms with van der Waals surface area (Å²) in [5.74, 6) is 0.0581. The fourth-order valence-electron chi connectivity index (χ4n) is 3.51. The van der Waals surface area contributed by atoms with Crippen LogP contribution in [0.25, 0.3) is 5.78 Å². The van der Waals surface area contributed by atoms with Crippen LogP contribution >= 0.6 is 11.6 Å². The predicted molar refractivity (Wildman–Crippen MR) is 115 cm³/mol. The molecule has 7 nitrogen and oxygen atoms in total. The molecule has 0 fully saturated rings. The summed E-state index contributed by atoms with van der Waals surface area (Å²) in [6, 6.07) is 5.04. The SMILES string of the molecule is CCc1nc2nc(C)c(Cl)cn2c1C(=O)CCc1ccc(N2CCN=CN2)c(F)c1. The lowest BCUT2D eigenvalue weighted by Crippen LogP contribution is -2.42. The minimum absolute atomic E-state index is 0.0699. The van der Waals surface area contributed by atoms with Gasteiger partial charge in [-0.05, 0) is 37.5 Å². The highest BCUT2D eigenvalue weighted by Gasteiger charge is 2.20. The summed E-state index contributed by atoms with van der Waals surface area (Å²) in [4.78, 5) is 25.9. The van der Waals surface area contributed by atoms with Gasteiger partial charge in [0.05, 0.1) is 35.2 Å². The number of anilines is 1. The van der Waals surface area contributed by atoms with Crippen molar-refractivity contribution in [1.29, 1.82) is 0 Å². The Morgan fingerprint density at radius 3 is 2.87 bits per heavy atom. The van der Waals surface area contributed by atoms with Crippen LogP contribution < -0.4 is 10.4 Å². The van der Waals surface area contributed by atoms with Gasteiger partial charge in [0.1, 0.15) is 17.8 Å². The number of fused-ring (bicyclic) bond motifs is 1. The first kappa shape index (κ1) is 20.3. The van der Waals surface area contributed by atoms with Crippen LogP contribution in [0, 0.1) is 12.7 Å². The van der Waals surface area contributed by atoms with Crippen molar-refractivity contribution in [2.45, 2.75) is 33.1 Å². The molecule has 0 bridgehead atoms. The van der Waals surface area contributed by atoms with Crippen molar-refractivity contribution in [3.63, 3.8) is 0 Å². The molecular formula is C21H22ClFN6O. The summed E-state index contributed by atoms with van der Waals surface area (Å²) < 4.78 is 16.3. The maximum absolute atomic E-state index is 14.6. The molecule has 2 aromatic heterocycles. The lowest BCUT2D eigenvalue weighted by molar-refractivity contribution is 0.0976. The number of halogens is 2. The Balaban J connectivity index is 1.53. The van der Waals surface area contributed by atoms with E-state index in [9.17, 15) is 9.18 Å². The van der Waals surface area contributed by atoms with Crippen LogP contribution in [0.5, 0.6) is 0 Å². The molecule has 9 heteroatoms. The summed E-state index contributed by atoms with van der Waals surface area (Å²) in [7, 11) is 0. The van der Waals surface area contributed by atoms with E-state index >= 15 is 0 Å². The maximum Gasteiger partial charge on any atom is 0.234 e. The monoisotopic (exact) mass is 428 g/mol. The van der Waals surface area contributed by atoms with Gasteiger partial charge < -0.3 is 0 Å². The molecule has 156 valence electrons. The molecule has 30 heavy (non-hydrogen) atoms. The van der Waals surface area contributed by atoms with Crippen LogP contribution in [0.4, 0.5) is 10.1 Å². The van der Waals surface area contributed by atoms with Gasteiger partial charge in [-0.25, -0.2) is 14.4 Å². The number of aromatic nitrogens is 3. The second-order valence-corrected chi connectivity index (χ2v) is 7.54. The number of aryl methyl sites for hydroxylation is 3. The van der Waals surface area contributed by atoms with E-state index in [-0.39, 0.29) is 18.0 Å². The Morgan fingerprint density at radius 1 is 1.33 bits per heavy atom. The highest BCUT2D eigenvalue weighted by molar-refractivity contribution is 6.31. The second-order valence-electron chi connectivity index (χ2n) is 7.13. The number of benzene rings is 1. The van der Waals surface area contributed by atoms with Gasteiger partial charge in [-0.2, -0.15) is 0 Å². The van der Waals surface area contributed by atoms with Gasteiger partial charge in [0.2, 0.25) is 5.78 Å². The van der Waals surface area contributed by atoms with Gasteiger partial charge in [0, 0.05) is 12.6 Å². The summed E-state index contributed by atoms with van der Waals surface area (Å²) >= 11 is 6.20. The van der Waals surface area contributed by atoms with E-state index in [4.69, 9.17) is 11.6 Å². The quantitative estimate of drug-likeness (QED) is 0.607. The Morgan fingerprint density at radius 2 is 2.17 bits per heavy atom. The number of Topliss-reactive ketones (excluding diaryl/α,β-unsaturated/α-hetero) is 1. The standard InChI is InChI=1S/C21H22ClFN6O/c1-3-17-20(28-11-15(22)13(2)26-21(28)27-17)19(30)7-5-14-4-6-18(16(23)10-14)29-9-8-24-12-25-29/h4,6,10-12H,3,5,7-9H2,1-2H3,(H,24,25). The van der Waals surface area contributed by atoms with E-state index in [0.717, 1.165) is 5.56 Å². The van der Waals surface area contributed by atoms with Gasteiger partial charge in [-0.3, -0.25) is 24.6 Å². The molecule has 1 N–H and O–H groups in total. The molecule has 0 saturated heterocycles. The van der Waals surface area contributed by atoms with Gasteiger partial charge >= 0.3 is 0 Å². The number of ketones is 1. The first-order valence-corrected chi connectivity index (χ1v) is 10.2. The number of hydrogen-bond donors (Lipinski definition) is 1. The molecule has 0 aliphatic carbocycles. The fraction of sp³-hybridized carbons (Fsp3) is 0.333. The van der Waals surface area contributed by atoms with Gasteiger partial charge in [-0.1, -0.05) is 24.6 Å². The van der Waals surface area contributed by atoms with Gasteiger partial charge in [0.25, 0.3) is 0 Å². The first-order valence-electron chi connectivity index (χ1n) is 9.85. The zero-order valence-electron chi connectivity index (χ0n) is 16.8. The second kappa shape index (κ2) is 8.39. The molecule has 3 heterocycles. The molecular weight excluding hydrogens is 407 g/mol. The molecule has 3 aromatic rings. The first-order chi connectivity index (χ1) is 14.5. The molecule has 0 saturated carbocycles. The number of nitrogens with one attached hydrogen (secondary N) is 1. The van der Waals surface area contributed by atoms with Crippen molar-refractivity contribution in [3.8, 4) is 0 Å². The van der Waals surface area contributed by atoms with E-state index in [1.54, 1.807) is 34.9 Å². The van der Waals surface area contributed by atoms with Crippen molar-refractivity contribution < 1.29 is 9.18 Å². The zero-order valence-corrected chi connectivity index (χ0v) is 17.6. The average molecular weight is 429 g/mol. The van der Waals surface area contributed by atoms with Gasteiger partial charge in [-0.15, -0.1) is 0 Å². The molecule has 1 aliphatic heterocycles. The highest BCUT2D eigenvalue weighted by Crippen LogP contribution is 2.23. The lowest BCUT2D eigenvalue weighted by atomic mass is 10.0. The predicted octanol–water partition coefficient (Wildman–Crippen LogP) is 3.56. The maximum atomic E-state index is 14.6. The third kappa shape index (κ3) is 3.87. The molecule has 0 atom stereocenters. The number of hydrogen-bond acceptors (Lipinski definition) is 6. The normalized spacial score (nSPS) is 13.7. The third-order valence-electron chi connectivity index (χ3n) is 5.12. The summed E-state index contributed by atoms with van der Waals surface area (Å²) in [5, 5.41) is 2.19. The van der Waals surface area contributed by atoms with Crippen molar-refractivity contribution in [2.24, 2.45) is 4.99 Å². The Hall–Kier alpha value is -3.00. The van der Waals surface area contributed by atoms with E-state index in [2.05, 4.69) is 20.4 Å². The number of carbonyl (C=O) groups is 1. The van der Waals surface area contributed by atoms with Gasteiger partial charge in [0.15, 0.2) is 5.78 Å². The molecule has 0 radical (unpaired) electrons. The molecule has 0 spiro atoms. The number of hydrazine groups is 1. The lowest BCUT2D eigenvalue weighted by Gasteiger charge is -2.26. The van der Waals surface area contributed by atoms with Crippen molar-refractivity contribution >= 4 is 35.2 Å². The Labute approximate surface area is 178 Å². The van der Waals surface area contributed by atoms with Crippen LogP contribution in [0.1, 0.15) is 40.8 Å².